The zero-order valence-electron chi connectivity index (χ0n) is 4.75. The normalized spacial score (nSPS) is 9.33. The molecule has 0 bridgehead atoms. The molecule has 0 aromatic rings. The van der Waals surface area contributed by atoms with Crippen molar-refractivity contribution in [3.05, 3.63) is 0 Å². The van der Waals surface area contributed by atoms with Crippen molar-refractivity contribution < 1.29 is 18.2 Å². The summed E-state index contributed by atoms with van der Waals surface area (Å²) in [6.45, 7) is 0.467. The van der Waals surface area contributed by atoms with Crippen molar-refractivity contribution in [2.45, 2.75) is 0 Å². The molecule has 9 heavy (non-hydrogen) atoms. The van der Waals surface area contributed by atoms with Crippen LogP contribution in [0.3, 0.4) is 0 Å². The first-order valence-electron chi connectivity index (χ1n) is 1.89. The van der Waals surface area contributed by atoms with Crippen molar-refractivity contribution >= 4 is 55.1 Å². The topological polar surface area (TPSA) is 52.6 Å². The minimum atomic E-state index is -0.760. The van der Waals surface area contributed by atoms with Crippen LogP contribution in [0, 0.1) is 0 Å². The van der Waals surface area contributed by atoms with Gasteiger partial charge in [0, 0.05) is 37.7 Å². The molecule has 2 radical (unpaired) electrons. The Hall–Kier alpha value is 1.38. The Morgan fingerprint density at radius 3 is 1.56 bits per heavy atom. The summed E-state index contributed by atoms with van der Waals surface area (Å²) in [6, 6.07) is 0. The van der Waals surface area contributed by atoms with Gasteiger partial charge < -0.3 is 0 Å². The molecule has 0 heterocycles. The molecular formula is C2H6CaO4P2+2. The summed E-state index contributed by atoms with van der Waals surface area (Å²) < 4.78 is 27.8. The summed E-state index contributed by atoms with van der Waals surface area (Å²) in [5.41, 5.74) is 0. The van der Waals surface area contributed by atoms with E-state index in [1.165, 1.54) is 0 Å². The molecule has 0 saturated heterocycles. The van der Waals surface area contributed by atoms with Gasteiger partial charge in [0.2, 0.25) is 0 Å². The first kappa shape index (κ1) is 13.0. The fraction of sp³-hybridized carbons (Fsp3) is 1.00. The van der Waals surface area contributed by atoms with Crippen molar-refractivity contribution in [1.82, 2.24) is 0 Å². The fourth-order valence-electron chi connectivity index (χ4n) is 0.167. The van der Waals surface area contributed by atoms with Crippen molar-refractivity contribution in [2.24, 2.45) is 0 Å². The van der Waals surface area contributed by atoms with E-state index in [4.69, 9.17) is 0 Å². The maximum atomic E-state index is 9.57. The number of rotatable bonds is 5. The largest absolute Gasteiger partial charge is 0.494 e. The summed E-state index contributed by atoms with van der Waals surface area (Å²) in [5.74, 6) is 0. The molecule has 0 rings (SSSR count). The first-order chi connectivity index (χ1) is 3.91. The predicted octanol–water partition coefficient (Wildman–Crippen LogP) is 0.517. The Morgan fingerprint density at radius 1 is 1.00 bits per heavy atom. The van der Waals surface area contributed by atoms with Crippen LogP contribution in [0.2, 0.25) is 0 Å². The van der Waals surface area contributed by atoms with Crippen LogP contribution in [-0.4, -0.2) is 51.0 Å². The second-order valence-electron chi connectivity index (χ2n) is 0.864. The summed E-state index contributed by atoms with van der Waals surface area (Å²) in [7, 11) is -1.52. The van der Waals surface area contributed by atoms with Crippen molar-refractivity contribution in [1.29, 1.82) is 0 Å². The number of hydrogen-bond acceptors (Lipinski definition) is 4. The van der Waals surface area contributed by atoms with E-state index in [0.717, 1.165) is 0 Å². The van der Waals surface area contributed by atoms with Crippen LogP contribution >= 0.6 is 17.4 Å². The first-order valence-corrected chi connectivity index (χ1v) is 3.53. The van der Waals surface area contributed by atoms with Crippen LogP contribution in [0.25, 0.3) is 0 Å². The molecule has 0 fully saturated rings. The summed E-state index contributed by atoms with van der Waals surface area (Å²) >= 11 is 0. The molecular weight excluding hydrogens is 190 g/mol. The Kier molecular flexibility index (Phi) is 17.5. The zero-order valence-corrected chi connectivity index (χ0v) is 8.96. The van der Waals surface area contributed by atoms with Crippen LogP contribution < -0.4 is 0 Å². The van der Waals surface area contributed by atoms with Crippen LogP contribution in [0.4, 0.5) is 0 Å². The SMILES string of the molecule is O=[PH+]OCCO[PH+]=O.[Ca]. The average molecular weight is 196 g/mol. The van der Waals surface area contributed by atoms with Gasteiger partial charge in [0.1, 0.15) is 13.2 Å². The van der Waals surface area contributed by atoms with Gasteiger partial charge in [-0.15, -0.1) is 9.05 Å². The molecule has 2 atom stereocenters. The van der Waals surface area contributed by atoms with E-state index in [9.17, 15) is 9.13 Å². The van der Waals surface area contributed by atoms with Gasteiger partial charge in [0.15, 0.2) is 0 Å². The van der Waals surface area contributed by atoms with Gasteiger partial charge in [-0.25, -0.2) is 0 Å². The van der Waals surface area contributed by atoms with E-state index in [-0.39, 0.29) is 51.0 Å². The molecule has 0 N–H and O–H groups in total. The molecule has 0 aliphatic rings. The van der Waals surface area contributed by atoms with Crippen LogP contribution in [0.15, 0.2) is 0 Å². The molecule has 0 aromatic carbocycles. The number of hydrogen-bond donors (Lipinski definition) is 0. The molecule has 0 aliphatic heterocycles. The molecule has 0 aliphatic carbocycles. The second kappa shape index (κ2) is 12.1. The van der Waals surface area contributed by atoms with Gasteiger partial charge in [0.25, 0.3) is 0 Å². The Bertz CT molecular complexity index is 69.0. The molecule has 4 nitrogen and oxygen atoms in total. The van der Waals surface area contributed by atoms with Gasteiger partial charge in [-0.3, -0.25) is 0 Å². The molecule has 0 amide bonds. The summed E-state index contributed by atoms with van der Waals surface area (Å²) in [5, 5.41) is 0. The quantitative estimate of drug-likeness (QED) is 0.365. The third-order valence-corrected chi connectivity index (χ3v) is 1.05. The van der Waals surface area contributed by atoms with E-state index in [1.54, 1.807) is 0 Å². The fourth-order valence-corrected chi connectivity index (χ4v) is 0.500. The third kappa shape index (κ3) is 12.6. The maximum absolute atomic E-state index is 9.57. The van der Waals surface area contributed by atoms with E-state index < -0.39 is 17.4 Å². The Morgan fingerprint density at radius 2 is 1.33 bits per heavy atom. The monoisotopic (exact) mass is 196 g/mol. The standard InChI is InChI=1S/C2H6O4P2.Ca/c3-7-5-1-2-6-8-4;/h7-8H,1-2H2;/q+2;. The zero-order chi connectivity index (χ0) is 6.24. The van der Waals surface area contributed by atoms with Gasteiger partial charge in [0.05, 0.1) is 0 Å². The van der Waals surface area contributed by atoms with Gasteiger partial charge >= 0.3 is 17.4 Å². The van der Waals surface area contributed by atoms with Crippen molar-refractivity contribution in [3.63, 3.8) is 0 Å². The Balaban J connectivity index is 0. The van der Waals surface area contributed by atoms with Crippen LogP contribution in [-0.2, 0) is 18.2 Å². The van der Waals surface area contributed by atoms with Crippen molar-refractivity contribution in [3.8, 4) is 0 Å². The predicted molar refractivity (Wildman–Crippen MR) is 35.7 cm³/mol. The van der Waals surface area contributed by atoms with Gasteiger partial charge in [-0.1, -0.05) is 0 Å². The van der Waals surface area contributed by atoms with E-state index >= 15 is 0 Å². The van der Waals surface area contributed by atoms with E-state index in [0.29, 0.717) is 0 Å². The van der Waals surface area contributed by atoms with E-state index in [2.05, 4.69) is 9.05 Å². The Labute approximate surface area is 85.9 Å². The summed E-state index contributed by atoms with van der Waals surface area (Å²) in [6.07, 6.45) is 0. The second-order valence-corrected chi connectivity index (χ2v) is 1.77. The van der Waals surface area contributed by atoms with Crippen molar-refractivity contribution in [2.75, 3.05) is 13.2 Å². The molecule has 48 valence electrons. The van der Waals surface area contributed by atoms with E-state index in [1.807, 2.05) is 0 Å². The minimum Gasteiger partial charge on any atom is -0.145 e. The van der Waals surface area contributed by atoms with Crippen LogP contribution in [0.5, 0.6) is 0 Å². The minimum absolute atomic E-state index is 0. The van der Waals surface area contributed by atoms with Gasteiger partial charge in [-0.05, 0) is 9.13 Å². The summed E-state index contributed by atoms with van der Waals surface area (Å²) in [4.78, 5) is 0. The average Bonchev–Trinajstić information content (AvgIpc) is 1.81. The van der Waals surface area contributed by atoms with Gasteiger partial charge in [-0.2, -0.15) is 0 Å². The molecule has 0 saturated carbocycles. The molecule has 0 aromatic heterocycles. The smallest absolute Gasteiger partial charge is 0.145 e. The molecule has 0 spiro atoms. The maximum Gasteiger partial charge on any atom is 0.494 e. The van der Waals surface area contributed by atoms with Crippen LogP contribution in [0.1, 0.15) is 0 Å². The molecule has 7 heteroatoms. The molecule has 2 unspecified atom stereocenters. The third-order valence-electron chi connectivity index (χ3n) is 0.405.